The molecule has 3 nitrogen and oxygen atoms in total. The summed E-state index contributed by atoms with van der Waals surface area (Å²) in [6.07, 6.45) is 0. The third-order valence-corrected chi connectivity index (χ3v) is 8.52. The van der Waals surface area contributed by atoms with E-state index in [0.717, 1.165) is 50.1 Å². The Morgan fingerprint density at radius 2 is 0.562 bits per heavy atom. The maximum absolute atomic E-state index is 5.11. The van der Waals surface area contributed by atoms with Crippen molar-refractivity contribution >= 4 is 0 Å². The van der Waals surface area contributed by atoms with Crippen LogP contribution in [0.5, 0.6) is 0 Å². The van der Waals surface area contributed by atoms with E-state index in [2.05, 4.69) is 127 Å². The predicted octanol–water partition coefficient (Wildman–Crippen LogP) is 11.5. The highest BCUT2D eigenvalue weighted by Gasteiger charge is 2.19. The maximum atomic E-state index is 5.11. The average Bonchev–Trinajstić information content (AvgIpc) is 3.19. The van der Waals surface area contributed by atoms with Crippen LogP contribution >= 0.6 is 0 Å². The minimum Gasteiger partial charge on any atom is -0.208 e. The molecule has 8 rings (SSSR count). The molecule has 48 heavy (non-hydrogen) atoms. The molecular weight excluding hydrogens is 583 g/mol. The van der Waals surface area contributed by atoms with Crippen molar-refractivity contribution in [2.24, 2.45) is 0 Å². The molecule has 0 radical (unpaired) electrons. The van der Waals surface area contributed by atoms with Gasteiger partial charge < -0.3 is 0 Å². The van der Waals surface area contributed by atoms with Gasteiger partial charge in [-0.2, -0.15) is 0 Å². The molecule has 0 aliphatic heterocycles. The number of aromatic nitrogens is 3. The van der Waals surface area contributed by atoms with Crippen LogP contribution in [-0.4, -0.2) is 15.0 Å². The first-order valence-corrected chi connectivity index (χ1v) is 16.1. The minimum atomic E-state index is 0.625. The van der Waals surface area contributed by atoms with Gasteiger partial charge in [0.1, 0.15) is 0 Å². The van der Waals surface area contributed by atoms with E-state index in [4.69, 9.17) is 15.0 Å². The highest BCUT2D eigenvalue weighted by atomic mass is 15.0. The molecule has 0 aliphatic carbocycles. The number of hydrogen-bond acceptors (Lipinski definition) is 3. The Morgan fingerprint density at radius 3 is 1.00 bits per heavy atom. The van der Waals surface area contributed by atoms with Gasteiger partial charge in [0, 0.05) is 16.7 Å². The largest absolute Gasteiger partial charge is 0.208 e. The van der Waals surface area contributed by atoms with Gasteiger partial charge in [-0.05, 0) is 62.7 Å². The van der Waals surface area contributed by atoms with Crippen molar-refractivity contribution in [3.05, 3.63) is 188 Å². The first kappa shape index (κ1) is 29.0. The van der Waals surface area contributed by atoms with Crippen molar-refractivity contribution in [1.82, 2.24) is 15.0 Å². The van der Waals surface area contributed by atoms with Crippen molar-refractivity contribution in [3.63, 3.8) is 0 Å². The quantitative estimate of drug-likeness (QED) is 0.179. The summed E-state index contributed by atoms with van der Waals surface area (Å²) < 4.78 is 0. The molecule has 0 saturated heterocycles. The van der Waals surface area contributed by atoms with Gasteiger partial charge >= 0.3 is 0 Å². The Kier molecular flexibility index (Phi) is 7.92. The molecule has 0 amide bonds. The lowest BCUT2D eigenvalue weighted by atomic mass is 9.86. The van der Waals surface area contributed by atoms with Gasteiger partial charge in [0.15, 0.2) is 17.5 Å². The zero-order chi connectivity index (χ0) is 32.1. The van der Waals surface area contributed by atoms with Crippen molar-refractivity contribution in [2.45, 2.75) is 0 Å². The molecule has 8 aromatic rings. The highest BCUT2D eigenvalue weighted by molar-refractivity contribution is 5.96. The second-order valence-electron chi connectivity index (χ2n) is 11.7. The van der Waals surface area contributed by atoms with Crippen LogP contribution < -0.4 is 0 Å². The van der Waals surface area contributed by atoms with Crippen LogP contribution in [0.4, 0.5) is 0 Å². The Morgan fingerprint density at radius 1 is 0.229 bits per heavy atom. The molecular formula is C45H31N3. The van der Waals surface area contributed by atoms with Crippen LogP contribution in [0, 0.1) is 0 Å². The summed E-state index contributed by atoms with van der Waals surface area (Å²) in [6, 6.07) is 65.3. The van der Waals surface area contributed by atoms with E-state index in [-0.39, 0.29) is 0 Å². The molecule has 0 spiro atoms. The van der Waals surface area contributed by atoms with E-state index in [1.165, 1.54) is 11.1 Å². The number of nitrogens with zero attached hydrogens (tertiary/aromatic N) is 3. The molecule has 0 aliphatic rings. The third kappa shape index (κ3) is 5.93. The molecule has 3 heteroatoms. The SMILES string of the molecule is c1ccc(-c2cc(-c3nc(-c4ccccc4)nc(-c4ccccc4)n3)cc(-c3c(-c4ccccc4)cccc3-c3ccccc3)c2)cc1. The van der Waals surface area contributed by atoms with Gasteiger partial charge in [-0.25, -0.2) is 15.0 Å². The summed E-state index contributed by atoms with van der Waals surface area (Å²) >= 11 is 0. The second kappa shape index (κ2) is 13.1. The smallest absolute Gasteiger partial charge is 0.164 e. The lowest BCUT2D eigenvalue weighted by Gasteiger charge is -2.18. The highest BCUT2D eigenvalue weighted by Crippen LogP contribution is 2.43. The van der Waals surface area contributed by atoms with Gasteiger partial charge in [0.25, 0.3) is 0 Å². The Balaban J connectivity index is 1.42. The topological polar surface area (TPSA) is 38.7 Å². The first-order chi connectivity index (χ1) is 23.8. The fourth-order valence-corrected chi connectivity index (χ4v) is 6.22. The van der Waals surface area contributed by atoms with Crippen molar-refractivity contribution < 1.29 is 0 Å². The molecule has 0 unspecified atom stereocenters. The summed E-state index contributed by atoms with van der Waals surface area (Å²) in [7, 11) is 0. The summed E-state index contributed by atoms with van der Waals surface area (Å²) in [6.45, 7) is 0. The third-order valence-electron chi connectivity index (χ3n) is 8.52. The van der Waals surface area contributed by atoms with E-state index in [1.54, 1.807) is 0 Å². The number of benzene rings is 7. The van der Waals surface area contributed by atoms with Gasteiger partial charge in [0.2, 0.25) is 0 Å². The van der Waals surface area contributed by atoms with Crippen LogP contribution in [-0.2, 0) is 0 Å². The van der Waals surface area contributed by atoms with E-state index in [0.29, 0.717) is 17.5 Å². The first-order valence-electron chi connectivity index (χ1n) is 16.1. The van der Waals surface area contributed by atoms with Gasteiger partial charge in [-0.15, -0.1) is 0 Å². The van der Waals surface area contributed by atoms with Crippen molar-refractivity contribution in [3.8, 4) is 78.7 Å². The predicted molar refractivity (Wildman–Crippen MR) is 198 cm³/mol. The molecule has 0 fully saturated rings. The lowest BCUT2D eigenvalue weighted by molar-refractivity contribution is 1.07. The zero-order valence-electron chi connectivity index (χ0n) is 26.2. The van der Waals surface area contributed by atoms with E-state index in [9.17, 15) is 0 Å². The van der Waals surface area contributed by atoms with Crippen LogP contribution in [0.3, 0.4) is 0 Å². The van der Waals surface area contributed by atoms with Gasteiger partial charge in [0.05, 0.1) is 0 Å². The van der Waals surface area contributed by atoms with Crippen LogP contribution in [0.2, 0.25) is 0 Å². The zero-order valence-corrected chi connectivity index (χ0v) is 26.2. The van der Waals surface area contributed by atoms with Gasteiger partial charge in [-0.3, -0.25) is 0 Å². The fraction of sp³-hybridized carbons (Fsp3) is 0. The summed E-state index contributed by atoms with van der Waals surface area (Å²) in [5.41, 5.74) is 11.9. The Bertz CT molecular complexity index is 2190. The van der Waals surface area contributed by atoms with Gasteiger partial charge in [-0.1, -0.05) is 170 Å². The van der Waals surface area contributed by atoms with Crippen molar-refractivity contribution in [1.29, 1.82) is 0 Å². The number of rotatable bonds is 7. The minimum absolute atomic E-state index is 0.625. The van der Waals surface area contributed by atoms with E-state index < -0.39 is 0 Å². The van der Waals surface area contributed by atoms with Crippen molar-refractivity contribution in [2.75, 3.05) is 0 Å². The standard InChI is InChI=1S/C45H31N3/c1-6-17-32(18-7-1)37-29-38(42-40(33-19-8-2-9-20-33)27-16-28-41(42)34-21-10-3-11-22-34)31-39(30-37)45-47-43(35-23-12-4-13-24-35)46-44(48-45)36-25-14-5-15-26-36/h1-31H. The second-order valence-corrected chi connectivity index (χ2v) is 11.7. The number of hydrogen-bond donors (Lipinski definition) is 0. The molecule has 7 aromatic carbocycles. The Hall–Kier alpha value is -6.45. The lowest BCUT2D eigenvalue weighted by Crippen LogP contribution is -2.01. The fourth-order valence-electron chi connectivity index (χ4n) is 6.22. The summed E-state index contributed by atoms with van der Waals surface area (Å²) in [4.78, 5) is 15.2. The van der Waals surface area contributed by atoms with Crippen LogP contribution in [0.15, 0.2) is 188 Å². The molecule has 1 aromatic heterocycles. The molecule has 0 bridgehead atoms. The van der Waals surface area contributed by atoms with Crippen LogP contribution in [0.1, 0.15) is 0 Å². The molecule has 226 valence electrons. The van der Waals surface area contributed by atoms with Crippen LogP contribution in [0.25, 0.3) is 78.7 Å². The van der Waals surface area contributed by atoms with E-state index in [1.807, 2.05) is 60.7 Å². The molecule has 0 atom stereocenters. The average molecular weight is 614 g/mol. The summed E-state index contributed by atoms with van der Waals surface area (Å²) in [5.74, 6) is 1.90. The maximum Gasteiger partial charge on any atom is 0.164 e. The molecule has 0 N–H and O–H groups in total. The molecule has 1 heterocycles. The normalized spacial score (nSPS) is 10.9. The van der Waals surface area contributed by atoms with E-state index >= 15 is 0 Å². The summed E-state index contributed by atoms with van der Waals surface area (Å²) in [5, 5.41) is 0. The monoisotopic (exact) mass is 613 g/mol. The molecule has 0 saturated carbocycles. The Labute approximate surface area is 280 Å².